The molecule has 2 atom stereocenters. The first kappa shape index (κ1) is 15.3. The van der Waals surface area contributed by atoms with Crippen LogP contribution in [0.2, 0.25) is 0 Å². The van der Waals surface area contributed by atoms with Gasteiger partial charge in [-0.15, -0.1) is 0 Å². The molecule has 3 heteroatoms. The smallest absolute Gasteiger partial charge is 0.119 e. The topological polar surface area (TPSA) is 30.5 Å². The molecule has 0 saturated heterocycles. The Bertz CT molecular complexity index is 394. The summed E-state index contributed by atoms with van der Waals surface area (Å²) in [6, 6.07) is 8.79. The van der Waals surface area contributed by atoms with Crippen LogP contribution in [0.5, 0.6) is 5.75 Å². The highest BCUT2D eigenvalue weighted by molar-refractivity contribution is 5.28. The molecule has 1 N–H and O–H groups in total. The first-order valence-corrected chi connectivity index (χ1v) is 7.73. The Morgan fingerprint density at radius 3 is 2.90 bits per heavy atom. The lowest BCUT2D eigenvalue weighted by atomic mass is 9.86. The molecule has 2 unspecified atom stereocenters. The maximum absolute atomic E-state index is 5.80. The van der Waals surface area contributed by atoms with E-state index in [1.54, 1.807) is 7.11 Å². The van der Waals surface area contributed by atoms with E-state index in [0.29, 0.717) is 12.6 Å². The van der Waals surface area contributed by atoms with Crippen molar-refractivity contribution >= 4 is 0 Å². The summed E-state index contributed by atoms with van der Waals surface area (Å²) in [5.41, 5.74) is 1.15. The molecule has 0 aromatic heterocycles. The first-order chi connectivity index (χ1) is 9.79. The van der Waals surface area contributed by atoms with Crippen LogP contribution in [0.4, 0.5) is 0 Å². The van der Waals surface area contributed by atoms with Gasteiger partial charge in [-0.05, 0) is 36.5 Å². The molecular weight excluding hydrogens is 250 g/mol. The summed E-state index contributed by atoms with van der Waals surface area (Å²) >= 11 is 0. The van der Waals surface area contributed by atoms with Gasteiger partial charge in [-0.25, -0.2) is 0 Å². The number of rotatable bonds is 7. The van der Waals surface area contributed by atoms with Crippen LogP contribution in [0.1, 0.15) is 38.2 Å². The highest BCUT2D eigenvalue weighted by Crippen LogP contribution is 2.23. The van der Waals surface area contributed by atoms with Crippen molar-refractivity contribution in [2.24, 2.45) is 5.92 Å². The van der Waals surface area contributed by atoms with Crippen molar-refractivity contribution in [3.63, 3.8) is 0 Å². The van der Waals surface area contributed by atoms with Gasteiger partial charge >= 0.3 is 0 Å². The van der Waals surface area contributed by atoms with Crippen LogP contribution in [0, 0.1) is 5.92 Å². The van der Waals surface area contributed by atoms with E-state index >= 15 is 0 Å². The zero-order valence-corrected chi connectivity index (χ0v) is 12.7. The molecule has 1 saturated carbocycles. The van der Waals surface area contributed by atoms with Gasteiger partial charge in [0.15, 0.2) is 0 Å². The Labute approximate surface area is 122 Å². The third kappa shape index (κ3) is 4.80. The molecule has 1 aromatic carbocycles. The standard InChI is InChI=1S/C17H27NO2/c1-14-6-3-4-9-17(14)18-10-11-20-16-8-5-7-15(12-16)13-19-2/h5,7-8,12,14,17-18H,3-4,6,9-11,13H2,1-2H3. The van der Waals surface area contributed by atoms with E-state index in [1.807, 2.05) is 18.2 Å². The molecular formula is C17H27NO2. The molecule has 1 aliphatic carbocycles. The van der Waals surface area contributed by atoms with Gasteiger partial charge in [-0.1, -0.05) is 31.9 Å². The fraction of sp³-hybridized carbons (Fsp3) is 0.647. The lowest BCUT2D eigenvalue weighted by Gasteiger charge is -2.29. The van der Waals surface area contributed by atoms with Crippen LogP contribution in [-0.4, -0.2) is 26.3 Å². The number of hydrogen-bond donors (Lipinski definition) is 1. The summed E-state index contributed by atoms with van der Waals surface area (Å²) in [7, 11) is 1.71. The van der Waals surface area contributed by atoms with E-state index < -0.39 is 0 Å². The lowest BCUT2D eigenvalue weighted by molar-refractivity contribution is 0.184. The van der Waals surface area contributed by atoms with Crippen LogP contribution in [-0.2, 0) is 11.3 Å². The van der Waals surface area contributed by atoms with Gasteiger partial charge in [-0.3, -0.25) is 0 Å². The Morgan fingerprint density at radius 1 is 1.25 bits per heavy atom. The normalized spacial score (nSPS) is 22.7. The molecule has 112 valence electrons. The minimum absolute atomic E-state index is 0.634. The Hall–Kier alpha value is -1.06. The molecule has 2 rings (SSSR count). The SMILES string of the molecule is COCc1cccc(OCCNC2CCCCC2C)c1. The molecule has 20 heavy (non-hydrogen) atoms. The van der Waals surface area contributed by atoms with E-state index in [-0.39, 0.29) is 0 Å². The van der Waals surface area contributed by atoms with Crippen LogP contribution < -0.4 is 10.1 Å². The summed E-state index contributed by atoms with van der Waals surface area (Å²) in [6.45, 7) is 4.63. The fourth-order valence-corrected chi connectivity index (χ4v) is 2.92. The molecule has 0 aliphatic heterocycles. The number of methoxy groups -OCH3 is 1. The maximum atomic E-state index is 5.80. The van der Waals surface area contributed by atoms with E-state index in [0.717, 1.165) is 30.4 Å². The van der Waals surface area contributed by atoms with Crippen molar-refractivity contribution in [2.75, 3.05) is 20.3 Å². The lowest BCUT2D eigenvalue weighted by Crippen LogP contribution is -2.39. The van der Waals surface area contributed by atoms with Crippen molar-refractivity contribution in [1.29, 1.82) is 0 Å². The largest absolute Gasteiger partial charge is 0.492 e. The predicted octanol–water partition coefficient (Wildman–Crippen LogP) is 3.38. The zero-order valence-electron chi connectivity index (χ0n) is 12.7. The summed E-state index contributed by atoms with van der Waals surface area (Å²) in [5, 5.41) is 3.63. The van der Waals surface area contributed by atoms with Crippen LogP contribution in [0.3, 0.4) is 0 Å². The number of hydrogen-bond acceptors (Lipinski definition) is 3. The average Bonchev–Trinajstić information content (AvgIpc) is 2.46. The number of benzene rings is 1. The van der Waals surface area contributed by atoms with Gasteiger partial charge < -0.3 is 14.8 Å². The van der Waals surface area contributed by atoms with Crippen molar-refractivity contribution in [3.05, 3.63) is 29.8 Å². The molecule has 0 radical (unpaired) electrons. The van der Waals surface area contributed by atoms with Gasteiger partial charge in [0.2, 0.25) is 0 Å². The van der Waals surface area contributed by atoms with Crippen LogP contribution in [0.25, 0.3) is 0 Å². The number of ether oxygens (including phenoxy) is 2. The summed E-state index contributed by atoms with van der Waals surface area (Å²) in [4.78, 5) is 0. The first-order valence-electron chi connectivity index (χ1n) is 7.73. The third-order valence-electron chi connectivity index (χ3n) is 4.10. The highest BCUT2D eigenvalue weighted by Gasteiger charge is 2.20. The predicted molar refractivity (Wildman–Crippen MR) is 82.1 cm³/mol. The molecule has 0 amide bonds. The molecule has 0 spiro atoms. The summed E-state index contributed by atoms with van der Waals surface area (Å²) in [6.07, 6.45) is 5.42. The van der Waals surface area contributed by atoms with Gasteiger partial charge in [0.1, 0.15) is 12.4 Å². The second-order valence-corrected chi connectivity index (χ2v) is 5.75. The maximum Gasteiger partial charge on any atom is 0.119 e. The fourth-order valence-electron chi connectivity index (χ4n) is 2.92. The molecule has 0 bridgehead atoms. The Kier molecular flexibility index (Phi) is 6.34. The highest BCUT2D eigenvalue weighted by atomic mass is 16.5. The third-order valence-corrected chi connectivity index (χ3v) is 4.10. The van der Waals surface area contributed by atoms with Crippen molar-refractivity contribution in [1.82, 2.24) is 5.32 Å². The summed E-state index contributed by atoms with van der Waals surface area (Å²) < 4.78 is 10.9. The Morgan fingerprint density at radius 2 is 2.10 bits per heavy atom. The van der Waals surface area contributed by atoms with E-state index in [2.05, 4.69) is 18.3 Å². The molecule has 1 aromatic rings. The number of nitrogens with one attached hydrogen (secondary N) is 1. The minimum Gasteiger partial charge on any atom is -0.492 e. The van der Waals surface area contributed by atoms with Crippen LogP contribution in [0.15, 0.2) is 24.3 Å². The second kappa shape index (κ2) is 8.28. The molecule has 0 heterocycles. The minimum atomic E-state index is 0.634. The van der Waals surface area contributed by atoms with E-state index in [4.69, 9.17) is 9.47 Å². The monoisotopic (exact) mass is 277 g/mol. The Balaban J connectivity index is 1.68. The molecule has 1 aliphatic rings. The van der Waals surface area contributed by atoms with E-state index in [9.17, 15) is 0 Å². The molecule has 1 fully saturated rings. The molecule has 3 nitrogen and oxygen atoms in total. The van der Waals surface area contributed by atoms with Crippen molar-refractivity contribution < 1.29 is 9.47 Å². The van der Waals surface area contributed by atoms with Gasteiger partial charge in [0.05, 0.1) is 6.61 Å². The van der Waals surface area contributed by atoms with Gasteiger partial charge in [0.25, 0.3) is 0 Å². The van der Waals surface area contributed by atoms with Crippen LogP contribution >= 0.6 is 0 Å². The quantitative estimate of drug-likeness (QED) is 0.775. The van der Waals surface area contributed by atoms with Crippen molar-refractivity contribution in [2.45, 2.75) is 45.3 Å². The second-order valence-electron chi connectivity index (χ2n) is 5.75. The van der Waals surface area contributed by atoms with Gasteiger partial charge in [0, 0.05) is 19.7 Å². The van der Waals surface area contributed by atoms with Crippen molar-refractivity contribution in [3.8, 4) is 5.75 Å². The van der Waals surface area contributed by atoms with E-state index in [1.165, 1.54) is 25.7 Å². The zero-order chi connectivity index (χ0) is 14.2. The average molecular weight is 277 g/mol. The van der Waals surface area contributed by atoms with Gasteiger partial charge in [-0.2, -0.15) is 0 Å². The summed E-state index contributed by atoms with van der Waals surface area (Å²) in [5.74, 6) is 1.73.